The zero-order valence-electron chi connectivity index (χ0n) is 8.24. The molecule has 80 valence electrons. The molecule has 0 saturated carbocycles. The molecule has 0 radical (unpaired) electrons. The number of nitrogens with two attached hydrogens (primary N) is 1. The van der Waals surface area contributed by atoms with Gasteiger partial charge in [0.15, 0.2) is 0 Å². The van der Waals surface area contributed by atoms with Crippen LogP contribution in [0.1, 0.15) is 10.4 Å². The molecule has 1 aromatic carbocycles. The van der Waals surface area contributed by atoms with E-state index in [0.717, 1.165) is 3.57 Å². The number of hydrogen-bond acceptors (Lipinski definition) is 2. The molecule has 0 aromatic heterocycles. The molecule has 0 bridgehead atoms. The van der Waals surface area contributed by atoms with Gasteiger partial charge in [0.05, 0.1) is 11.5 Å². The minimum absolute atomic E-state index is 0.0682. The fourth-order valence-corrected chi connectivity index (χ4v) is 1.88. The van der Waals surface area contributed by atoms with Crippen molar-refractivity contribution in [2.75, 3.05) is 13.6 Å². The van der Waals surface area contributed by atoms with Gasteiger partial charge < -0.3 is 10.6 Å². The quantitative estimate of drug-likeness (QED) is 0.675. The van der Waals surface area contributed by atoms with Gasteiger partial charge in [-0.2, -0.15) is 0 Å². The number of thiocarbonyl (C=S) groups is 1. The van der Waals surface area contributed by atoms with Crippen LogP contribution in [0.3, 0.4) is 0 Å². The lowest BCUT2D eigenvalue weighted by atomic mass is 10.2. The van der Waals surface area contributed by atoms with Gasteiger partial charge in [0.1, 0.15) is 0 Å². The highest BCUT2D eigenvalue weighted by atomic mass is 127. The predicted molar refractivity (Wildman–Crippen MR) is 72.9 cm³/mol. The fraction of sp³-hybridized carbons (Fsp3) is 0.200. The number of rotatable bonds is 3. The Morgan fingerprint density at radius 1 is 1.60 bits per heavy atom. The molecule has 1 aromatic rings. The second-order valence-electron chi connectivity index (χ2n) is 3.14. The van der Waals surface area contributed by atoms with E-state index in [-0.39, 0.29) is 5.91 Å². The molecule has 5 heteroatoms. The van der Waals surface area contributed by atoms with E-state index >= 15 is 0 Å². The van der Waals surface area contributed by atoms with Gasteiger partial charge in [0, 0.05) is 16.2 Å². The Hall–Kier alpha value is -0.690. The third kappa shape index (κ3) is 3.75. The standard InChI is InChI=1S/C10H11IN2OS/c1-13(6-9(12)15)10(14)7-3-2-4-8(11)5-7/h2-5H,6H2,1H3,(H2,12,15). The predicted octanol–water partition coefficient (Wildman–Crippen LogP) is 1.65. The SMILES string of the molecule is CN(CC(N)=S)C(=O)c1cccc(I)c1. The number of likely N-dealkylation sites (N-methyl/N-ethyl adjacent to an activating group) is 1. The average molecular weight is 334 g/mol. The first kappa shape index (κ1) is 12.4. The van der Waals surface area contributed by atoms with Crippen molar-refractivity contribution in [3.05, 3.63) is 33.4 Å². The molecule has 15 heavy (non-hydrogen) atoms. The third-order valence-electron chi connectivity index (χ3n) is 1.81. The molecule has 2 N–H and O–H groups in total. The van der Waals surface area contributed by atoms with E-state index in [2.05, 4.69) is 22.6 Å². The van der Waals surface area contributed by atoms with Crippen molar-refractivity contribution in [2.45, 2.75) is 0 Å². The molecule has 1 amide bonds. The maximum absolute atomic E-state index is 11.8. The molecule has 0 saturated heterocycles. The first-order valence-electron chi connectivity index (χ1n) is 4.30. The van der Waals surface area contributed by atoms with Gasteiger partial charge in [-0.15, -0.1) is 0 Å². The Morgan fingerprint density at radius 3 is 2.80 bits per heavy atom. The van der Waals surface area contributed by atoms with Crippen LogP contribution in [0.5, 0.6) is 0 Å². The molecule has 0 spiro atoms. The number of carbonyl (C=O) groups is 1. The Labute approximate surface area is 108 Å². The van der Waals surface area contributed by atoms with Crippen molar-refractivity contribution < 1.29 is 4.79 Å². The van der Waals surface area contributed by atoms with Crippen LogP contribution in [0.2, 0.25) is 0 Å². The molecule has 0 aliphatic carbocycles. The van der Waals surface area contributed by atoms with Crippen molar-refractivity contribution in [1.82, 2.24) is 4.90 Å². The molecule has 0 aliphatic rings. The zero-order chi connectivity index (χ0) is 11.4. The molecule has 0 aliphatic heterocycles. The lowest BCUT2D eigenvalue weighted by molar-refractivity contribution is 0.0815. The summed E-state index contributed by atoms with van der Waals surface area (Å²) in [5.41, 5.74) is 6.03. The summed E-state index contributed by atoms with van der Waals surface area (Å²) in [5.74, 6) is -0.0682. The third-order valence-corrected chi connectivity index (χ3v) is 2.61. The van der Waals surface area contributed by atoms with E-state index in [1.807, 2.05) is 18.2 Å². The molecular weight excluding hydrogens is 323 g/mol. The maximum Gasteiger partial charge on any atom is 0.254 e. The molecule has 0 heterocycles. The maximum atomic E-state index is 11.8. The van der Waals surface area contributed by atoms with E-state index in [4.69, 9.17) is 18.0 Å². The van der Waals surface area contributed by atoms with E-state index < -0.39 is 0 Å². The number of halogens is 1. The second kappa shape index (κ2) is 5.41. The summed E-state index contributed by atoms with van der Waals surface area (Å²) in [5, 5.41) is 0. The molecule has 0 fully saturated rings. The molecule has 1 rings (SSSR count). The number of hydrogen-bond donors (Lipinski definition) is 1. The lowest BCUT2D eigenvalue weighted by Gasteiger charge is -2.16. The summed E-state index contributed by atoms with van der Waals surface area (Å²) < 4.78 is 1.03. The van der Waals surface area contributed by atoms with Gasteiger partial charge in [-0.3, -0.25) is 4.79 Å². The van der Waals surface area contributed by atoms with Gasteiger partial charge in [0.25, 0.3) is 5.91 Å². The molecule has 0 unspecified atom stereocenters. The van der Waals surface area contributed by atoms with Crippen molar-refractivity contribution in [3.63, 3.8) is 0 Å². The van der Waals surface area contributed by atoms with Gasteiger partial charge in [-0.05, 0) is 40.8 Å². The Kier molecular flexibility index (Phi) is 4.46. The zero-order valence-corrected chi connectivity index (χ0v) is 11.2. The first-order chi connectivity index (χ1) is 7.00. The van der Waals surface area contributed by atoms with Crippen LogP contribution in [-0.4, -0.2) is 29.4 Å². The van der Waals surface area contributed by atoms with Crippen LogP contribution in [0, 0.1) is 3.57 Å². The highest BCUT2D eigenvalue weighted by molar-refractivity contribution is 14.1. The van der Waals surface area contributed by atoms with E-state index in [1.54, 1.807) is 13.1 Å². The summed E-state index contributed by atoms with van der Waals surface area (Å²) in [7, 11) is 1.68. The average Bonchev–Trinajstić information content (AvgIpc) is 2.15. The van der Waals surface area contributed by atoms with E-state index in [9.17, 15) is 4.79 Å². The Morgan fingerprint density at radius 2 is 2.27 bits per heavy atom. The van der Waals surface area contributed by atoms with Crippen LogP contribution in [0.15, 0.2) is 24.3 Å². The highest BCUT2D eigenvalue weighted by Crippen LogP contribution is 2.09. The van der Waals surface area contributed by atoms with Crippen molar-refractivity contribution in [3.8, 4) is 0 Å². The number of carbonyl (C=O) groups excluding carboxylic acids is 1. The van der Waals surface area contributed by atoms with Crippen LogP contribution in [-0.2, 0) is 0 Å². The molecular formula is C10H11IN2OS. The minimum atomic E-state index is -0.0682. The topological polar surface area (TPSA) is 46.3 Å². The van der Waals surface area contributed by atoms with Crippen LogP contribution in [0.4, 0.5) is 0 Å². The van der Waals surface area contributed by atoms with Gasteiger partial charge in [0.2, 0.25) is 0 Å². The van der Waals surface area contributed by atoms with E-state index in [0.29, 0.717) is 17.1 Å². The molecule has 0 atom stereocenters. The van der Waals surface area contributed by atoms with Crippen LogP contribution < -0.4 is 5.73 Å². The first-order valence-corrected chi connectivity index (χ1v) is 5.78. The normalized spacial score (nSPS) is 9.73. The highest BCUT2D eigenvalue weighted by Gasteiger charge is 2.11. The Bertz CT molecular complexity index is 395. The molecule has 3 nitrogen and oxygen atoms in total. The summed E-state index contributed by atoms with van der Waals surface area (Å²) in [6.45, 7) is 0.305. The van der Waals surface area contributed by atoms with E-state index in [1.165, 1.54) is 4.90 Å². The summed E-state index contributed by atoms with van der Waals surface area (Å²) in [6.07, 6.45) is 0. The van der Waals surface area contributed by atoms with Crippen molar-refractivity contribution in [1.29, 1.82) is 0 Å². The van der Waals surface area contributed by atoms with Crippen LogP contribution in [0.25, 0.3) is 0 Å². The second-order valence-corrected chi connectivity index (χ2v) is 4.91. The van der Waals surface area contributed by atoms with Crippen molar-refractivity contribution in [2.24, 2.45) is 5.73 Å². The summed E-state index contributed by atoms with van der Waals surface area (Å²) in [6, 6.07) is 7.40. The lowest BCUT2D eigenvalue weighted by Crippen LogP contribution is -2.34. The number of amides is 1. The number of benzene rings is 1. The Balaban J connectivity index is 2.80. The fourth-order valence-electron chi connectivity index (χ4n) is 1.15. The van der Waals surface area contributed by atoms with Gasteiger partial charge >= 0.3 is 0 Å². The smallest absolute Gasteiger partial charge is 0.254 e. The monoisotopic (exact) mass is 334 g/mol. The van der Waals surface area contributed by atoms with Crippen molar-refractivity contribution >= 4 is 45.7 Å². The minimum Gasteiger partial charge on any atom is -0.392 e. The summed E-state index contributed by atoms with van der Waals surface area (Å²) in [4.78, 5) is 13.7. The largest absolute Gasteiger partial charge is 0.392 e. The van der Waals surface area contributed by atoms with Gasteiger partial charge in [-0.25, -0.2) is 0 Å². The van der Waals surface area contributed by atoms with Crippen LogP contribution >= 0.6 is 34.8 Å². The number of nitrogens with zero attached hydrogens (tertiary/aromatic N) is 1. The summed E-state index contributed by atoms with van der Waals surface area (Å²) >= 11 is 6.92. The van der Waals surface area contributed by atoms with Gasteiger partial charge in [-0.1, -0.05) is 18.3 Å².